The lowest BCUT2D eigenvalue weighted by molar-refractivity contribution is -0.167. The van der Waals surface area contributed by atoms with Crippen LogP contribution in [0.25, 0.3) is 0 Å². The van der Waals surface area contributed by atoms with Crippen molar-refractivity contribution in [3.63, 3.8) is 0 Å². The third-order valence-corrected chi connectivity index (χ3v) is 13.5. The molecular weight excluding hydrogens is 805 g/mol. The Hall–Kier alpha value is -1.59. The smallest absolute Gasteiger partial charge is 0.306 e. The van der Waals surface area contributed by atoms with Gasteiger partial charge in [-0.3, -0.25) is 14.4 Å². The standard InChI is InChI=1S/C59H114O6/c1-6-7-8-9-10-11-12-13-14-15-16-17-20-23-26-29-34-39-44-49-57(60)63-52-56(53-64-58(61)50-45-40-36-31-33-38-43-48-55(4)5)65-59(62)51-46-41-35-30-27-24-21-18-19-22-25-28-32-37-42-47-54(2)3/h54-56H,6-53H2,1-5H3/t56-/m1/s1. The zero-order chi connectivity index (χ0) is 47.5. The first-order chi connectivity index (χ1) is 31.7. The van der Waals surface area contributed by atoms with Gasteiger partial charge in [0.05, 0.1) is 0 Å². The third kappa shape index (κ3) is 53.2. The van der Waals surface area contributed by atoms with E-state index in [0.29, 0.717) is 19.3 Å². The Kier molecular flexibility index (Phi) is 50.5. The predicted octanol–water partition coefficient (Wildman–Crippen LogP) is 19.3. The molecule has 0 aromatic carbocycles. The molecule has 0 spiro atoms. The van der Waals surface area contributed by atoms with Crippen molar-refractivity contribution in [2.75, 3.05) is 13.2 Å². The topological polar surface area (TPSA) is 78.9 Å². The number of carbonyl (C=O) groups excluding carboxylic acids is 3. The first kappa shape index (κ1) is 63.4. The van der Waals surface area contributed by atoms with Crippen LogP contribution in [0.2, 0.25) is 0 Å². The Morgan fingerprint density at radius 3 is 0.754 bits per heavy atom. The van der Waals surface area contributed by atoms with E-state index in [-0.39, 0.29) is 31.1 Å². The van der Waals surface area contributed by atoms with Crippen molar-refractivity contribution in [3.8, 4) is 0 Å². The van der Waals surface area contributed by atoms with Crippen molar-refractivity contribution in [1.82, 2.24) is 0 Å². The average molecular weight is 920 g/mol. The number of esters is 3. The minimum Gasteiger partial charge on any atom is -0.462 e. The molecule has 0 aromatic heterocycles. The minimum atomic E-state index is -0.763. The highest BCUT2D eigenvalue weighted by Gasteiger charge is 2.19. The Morgan fingerprint density at radius 1 is 0.292 bits per heavy atom. The van der Waals surface area contributed by atoms with Crippen LogP contribution in [0.1, 0.15) is 330 Å². The Bertz CT molecular complexity index is 993. The second kappa shape index (κ2) is 51.8. The minimum absolute atomic E-state index is 0.0633. The predicted molar refractivity (Wildman–Crippen MR) is 280 cm³/mol. The highest BCUT2D eigenvalue weighted by molar-refractivity contribution is 5.71. The Labute approximate surface area is 406 Å². The van der Waals surface area contributed by atoms with Crippen LogP contribution in [-0.4, -0.2) is 37.2 Å². The maximum Gasteiger partial charge on any atom is 0.306 e. The van der Waals surface area contributed by atoms with Crippen molar-refractivity contribution in [2.45, 2.75) is 336 Å². The summed E-state index contributed by atoms with van der Waals surface area (Å²) in [6.07, 6.45) is 55.4. The van der Waals surface area contributed by atoms with E-state index in [4.69, 9.17) is 14.2 Å². The van der Waals surface area contributed by atoms with Gasteiger partial charge >= 0.3 is 17.9 Å². The number of rotatable bonds is 53. The highest BCUT2D eigenvalue weighted by Crippen LogP contribution is 2.18. The summed E-state index contributed by atoms with van der Waals surface area (Å²) < 4.78 is 16.9. The van der Waals surface area contributed by atoms with Gasteiger partial charge in [0.2, 0.25) is 0 Å². The van der Waals surface area contributed by atoms with Crippen LogP contribution in [0.5, 0.6) is 0 Å². The van der Waals surface area contributed by atoms with Crippen LogP contribution in [0.3, 0.4) is 0 Å². The zero-order valence-electron chi connectivity index (χ0n) is 44.6. The van der Waals surface area contributed by atoms with Gasteiger partial charge in [-0.25, -0.2) is 0 Å². The quantitative estimate of drug-likeness (QED) is 0.0344. The van der Waals surface area contributed by atoms with Gasteiger partial charge in [-0.05, 0) is 31.1 Å². The molecule has 0 aromatic rings. The largest absolute Gasteiger partial charge is 0.462 e. The third-order valence-electron chi connectivity index (χ3n) is 13.5. The molecule has 0 unspecified atom stereocenters. The van der Waals surface area contributed by atoms with Gasteiger partial charge in [-0.1, -0.05) is 291 Å². The van der Waals surface area contributed by atoms with E-state index in [1.54, 1.807) is 0 Å². The first-order valence-electron chi connectivity index (χ1n) is 29.2. The molecule has 1 atom stereocenters. The van der Waals surface area contributed by atoms with Crippen molar-refractivity contribution < 1.29 is 28.6 Å². The van der Waals surface area contributed by atoms with Crippen LogP contribution in [-0.2, 0) is 28.6 Å². The van der Waals surface area contributed by atoms with Gasteiger partial charge in [0, 0.05) is 19.3 Å². The lowest BCUT2D eigenvalue weighted by atomic mass is 10.0. The van der Waals surface area contributed by atoms with Crippen molar-refractivity contribution in [2.24, 2.45) is 11.8 Å². The van der Waals surface area contributed by atoms with Crippen LogP contribution < -0.4 is 0 Å². The maximum atomic E-state index is 12.8. The molecule has 0 aliphatic rings. The average Bonchev–Trinajstić information content (AvgIpc) is 3.28. The van der Waals surface area contributed by atoms with E-state index in [1.165, 1.54) is 218 Å². The summed E-state index contributed by atoms with van der Waals surface area (Å²) in [5.74, 6) is 0.786. The van der Waals surface area contributed by atoms with Gasteiger partial charge < -0.3 is 14.2 Å². The fourth-order valence-electron chi connectivity index (χ4n) is 9.05. The molecule has 65 heavy (non-hydrogen) atoms. The molecule has 0 amide bonds. The van der Waals surface area contributed by atoms with Gasteiger partial charge in [0.15, 0.2) is 6.10 Å². The zero-order valence-corrected chi connectivity index (χ0v) is 44.6. The van der Waals surface area contributed by atoms with Gasteiger partial charge in [-0.2, -0.15) is 0 Å². The van der Waals surface area contributed by atoms with Gasteiger partial charge in [0.1, 0.15) is 13.2 Å². The number of carbonyl (C=O) groups is 3. The van der Waals surface area contributed by atoms with Crippen molar-refractivity contribution in [1.29, 1.82) is 0 Å². The summed E-state index contributed by atoms with van der Waals surface area (Å²) in [6.45, 7) is 11.4. The molecule has 386 valence electrons. The fraction of sp³-hybridized carbons (Fsp3) is 0.949. The monoisotopic (exact) mass is 919 g/mol. The summed E-state index contributed by atoms with van der Waals surface area (Å²) in [7, 11) is 0. The molecule has 0 fully saturated rings. The molecule has 6 nitrogen and oxygen atoms in total. The normalized spacial score (nSPS) is 12.0. The van der Waals surface area contributed by atoms with Gasteiger partial charge in [0.25, 0.3) is 0 Å². The van der Waals surface area contributed by atoms with E-state index < -0.39 is 6.10 Å². The first-order valence-corrected chi connectivity index (χ1v) is 29.2. The Balaban J connectivity index is 4.23. The fourth-order valence-corrected chi connectivity index (χ4v) is 9.05. The maximum absolute atomic E-state index is 12.8. The highest BCUT2D eigenvalue weighted by atomic mass is 16.6. The molecular formula is C59H114O6. The van der Waals surface area contributed by atoms with E-state index in [0.717, 1.165) is 69.6 Å². The summed E-state index contributed by atoms with van der Waals surface area (Å²) in [6, 6.07) is 0. The molecule has 0 radical (unpaired) electrons. The van der Waals surface area contributed by atoms with E-state index in [1.807, 2.05) is 0 Å². The van der Waals surface area contributed by atoms with Gasteiger partial charge in [-0.15, -0.1) is 0 Å². The molecule has 0 aliphatic carbocycles. The number of hydrogen-bond acceptors (Lipinski definition) is 6. The molecule has 0 saturated carbocycles. The van der Waals surface area contributed by atoms with Crippen molar-refractivity contribution in [3.05, 3.63) is 0 Å². The summed E-state index contributed by atoms with van der Waals surface area (Å²) >= 11 is 0. The summed E-state index contributed by atoms with van der Waals surface area (Å²) in [5, 5.41) is 0. The lowest BCUT2D eigenvalue weighted by Gasteiger charge is -2.18. The molecule has 0 heterocycles. The molecule has 6 heteroatoms. The molecule has 0 aliphatic heterocycles. The molecule has 0 bridgehead atoms. The number of ether oxygens (including phenoxy) is 3. The summed E-state index contributed by atoms with van der Waals surface area (Å²) in [5.41, 5.74) is 0. The number of hydrogen-bond donors (Lipinski definition) is 0. The molecule has 0 rings (SSSR count). The second-order valence-corrected chi connectivity index (χ2v) is 21.2. The van der Waals surface area contributed by atoms with Crippen LogP contribution >= 0.6 is 0 Å². The SMILES string of the molecule is CCCCCCCCCCCCCCCCCCCCCC(=O)OC[C@H](COC(=O)CCCCCCCCCC(C)C)OC(=O)CCCCCCCCCCCCCCCCCC(C)C. The number of unbranched alkanes of at least 4 members (excludes halogenated alkanes) is 38. The van der Waals surface area contributed by atoms with E-state index in [9.17, 15) is 14.4 Å². The van der Waals surface area contributed by atoms with E-state index in [2.05, 4.69) is 34.6 Å². The second-order valence-electron chi connectivity index (χ2n) is 21.2. The molecule has 0 N–H and O–H groups in total. The lowest BCUT2D eigenvalue weighted by Crippen LogP contribution is -2.30. The van der Waals surface area contributed by atoms with Crippen molar-refractivity contribution >= 4 is 17.9 Å². The molecule has 0 saturated heterocycles. The van der Waals surface area contributed by atoms with Crippen LogP contribution in [0.15, 0.2) is 0 Å². The summed E-state index contributed by atoms with van der Waals surface area (Å²) in [4.78, 5) is 38.1. The van der Waals surface area contributed by atoms with Crippen LogP contribution in [0, 0.1) is 11.8 Å². The van der Waals surface area contributed by atoms with Crippen LogP contribution in [0.4, 0.5) is 0 Å². The Morgan fingerprint density at radius 2 is 0.508 bits per heavy atom. The van der Waals surface area contributed by atoms with E-state index >= 15 is 0 Å².